The summed E-state index contributed by atoms with van der Waals surface area (Å²) in [6, 6.07) is 23.7. The molecule has 3 aromatic carbocycles. The third-order valence-electron chi connectivity index (χ3n) is 8.17. The molecule has 2 amide bonds. The van der Waals surface area contributed by atoms with E-state index < -0.39 is 18.3 Å². The lowest BCUT2D eigenvalue weighted by molar-refractivity contribution is -0.253. The number of esters is 1. The van der Waals surface area contributed by atoms with E-state index in [-0.39, 0.29) is 32.0 Å². The Balaban J connectivity index is 1.28. The molecule has 234 valence electrons. The lowest BCUT2D eigenvalue weighted by Gasteiger charge is -2.39. The van der Waals surface area contributed by atoms with Crippen LogP contribution in [0.5, 0.6) is 0 Å². The van der Waals surface area contributed by atoms with Gasteiger partial charge in [0.25, 0.3) is 0 Å². The average molecular weight is 602 g/mol. The fourth-order valence-electron chi connectivity index (χ4n) is 5.84. The van der Waals surface area contributed by atoms with Gasteiger partial charge in [-0.25, -0.2) is 4.79 Å². The molecular formula is C35H43N3O6. The van der Waals surface area contributed by atoms with Gasteiger partial charge in [0.15, 0.2) is 6.29 Å². The number of urea groups is 1. The van der Waals surface area contributed by atoms with E-state index in [0.717, 1.165) is 59.4 Å². The first kappa shape index (κ1) is 31.7. The van der Waals surface area contributed by atoms with Crippen molar-refractivity contribution < 1.29 is 28.9 Å². The Morgan fingerprint density at radius 3 is 2.36 bits per heavy atom. The maximum atomic E-state index is 12.2. The normalized spacial score (nSPS) is 20.5. The van der Waals surface area contributed by atoms with Gasteiger partial charge < -0.3 is 34.9 Å². The molecule has 2 fully saturated rings. The monoisotopic (exact) mass is 601 g/mol. The molecule has 0 radical (unpaired) electrons. The second-order valence-corrected chi connectivity index (χ2v) is 11.3. The largest absolute Gasteiger partial charge is 0.465 e. The number of hydrogen-bond donors (Lipinski definition) is 3. The third-order valence-corrected chi connectivity index (χ3v) is 8.17. The van der Waals surface area contributed by atoms with Crippen LogP contribution in [-0.4, -0.2) is 60.9 Å². The van der Waals surface area contributed by atoms with Crippen LogP contribution in [0.1, 0.15) is 67.3 Å². The van der Waals surface area contributed by atoms with Crippen LogP contribution in [0.4, 0.5) is 4.79 Å². The van der Waals surface area contributed by atoms with Crippen molar-refractivity contribution >= 4 is 12.0 Å². The molecule has 2 heterocycles. The Labute approximate surface area is 259 Å². The number of benzene rings is 3. The Morgan fingerprint density at radius 1 is 0.909 bits per heavy atom. The Hall–Kier alpha value is -3.76. The standard InChI is InChI=1S/C35H43N3O6/c1-2-42-33(40)22-37-35(41)36-21-29-8-4-5-9-31(29)26-14-16-28(17-15-26)34-43-30(23-38-18-6-3-7-19-38)20-32(44-34)27-12-10-25(24-39)11-13-27/h4-5,8-17,30,32,34,39H,2-3,6-7,18-24H2,1H3,(H2,36,37,41)/t30-,32+,34+/m0/s1. The number of likely N-dealkylation sites (tertiary alicyclic amines) is 1. The minimum Gasteiger partial charge on any atom is -0.465 e. The number of rotatable bonds is 11. The summed E-state index contributed by atoms with van der Waals surface area (Å²) in [5.74, 6) is -0.474. The lowest BCUT2D eigenvalue weighted by atomic mass is 9.97. The van der Waals surface area contributed by atoms with Gasteiger partial charge in [0.1, 0.15) is 6.54 Å². The molecule has 3 atom stereocenters. The molecule has 2 aliphatic heterocycles. The van der Waals surface area contributed by atoms with Crippen molar-refractivity contribution in [3.63, 3.8) is 0 Å². The quantitative estimate of drug-likeness (QED) is 0.258. The number of amides is 2. The summed E-state index contributed by atoms with van der Waals surface area (Å²) < 4.78 is 18.0. The Morgan fingerprint density at radius 2 is 1.64 bits per heavy atom. The number of aliphatic hydroxyl groups is 1. The first-order valence-electron chi connectivity index (χ1n) is 15.6. The molecule has 9 nitrogen and oxygen atoms in total. The summed E-state index contributed by atoms with van der Waals surface area (Å²) in [6.45, 7) is 5.24. The molecule has 5 rings (SSSR count). The fraction of sp³-hybridized carbons (Fsp3) is 0.429. The van der Waals surface area contributed by atoms with Crippen LogP contribution < -0.4 is 10.6 Å². The number of piperidine rings is 1. The number of hydrogen-bond acceptors (Lipinski definition) is 7. The zero-order valence-electron chi connectivity index (χ0n) is 25.4. The summed E-state index contributed by atoms with van der Waals surface area (Å²) in [5.41, 5.74) is 5.87. The number of carbonyl (C=O) groups is 2. The summed E-state index contributed by atoms with van der Waals surface area (Å²) in [7, 11) is 0. The molecule has 0 unspecified atom stereocenters. The van der Waals surface area contributed by atoms with Gasteiger partial charge in [-0.15, -0.1) is 0 Å². The van der Waals surface area contributed by atoms with Gasteiger partial charge in [0.2, 0.25) is 0 Å². The van der Waals surface area contributed by atoms with Crippen molar-refractivity contribution in [1.82, 2.24) is 15.5 Å². The van der Waals surface area contributed by atoms with Crippen LogP contribution in [0.2, 0.25) is 0 Å². The number of nitrogens with one attached hydrogen (secondary N) is 2. The average Bonchev–Trinajstić information content (AvgIpc) is 3.07. The van der Waals surface area contributed by atoms with Crippen LogP contribution in [0.15, 0.2) is 72.8 Å². The van der Waals surface area contributed by atoms with Gasteiger partial charge >= 0.3 is 12.0 Å². The van der Waals surface area contributed by atoms with E-state index >= 15 is 0 Å². The van der Waals surface area contributed by atoms with E-state index in [1.807, 2.05) is 60.7 Å². The van der Waals surface area contributed by atoms with Gasteiger partial charge in [-0.1, -0.05) is 79.2 Å². The van der Waals surface area contributed by atoms with Gasteiger partial charge in [-0.2, -0.15) is 0 Å². The number of aliphatic hydroxyl groups excluding tert-OH is 1. The third kappa shape index (κ3) is 8.66. The van der Waals surface area contributed by atoms with Crippen LogP contribution >= 0.6 is 0 Å². The molecule has 0 aromatic heterocycles. The van der Waals surface area contributed by atoms with E-state index in [2.05, 4.69) is 27.7 Å². The molecule has 2 saturated heterocycles. The number of nitrogens with zero attached hydrogens (tertiary/aromatic N) is 1. The molecule has 3 aromatic rings. The highest BCUT2D eigenvalue weighted by atomic mass is 16.7. The first-order valence-corrected chi connectivity index (χ1v) is 15.6. The summed E-state index contributed by atoms with van der Waals surface area (Å²) >= 11 is 0. The first-order chi connectivity index (χ1) is 21.5. The van der Waals surface area contributed by atoms with Crippen molar-refractivity contribution in [2.45, 2.75) is 64.3 Å². The second kappa shape index (κ2) is 15.8. The second-order valence-electron chi connectivity index (χ2n) is 11.3. The maximum Gasteiger partial charge on any atom is 0.325 e. The van der Waals surface area contributed by atoms with Gasteiger partial charge in [-0.05, 0) is 60.7 Å². The van der Waals surface area contributed by atoms with Crippen LogP contribution in [-0.2, 0) is 32.2 Å². The summed E-state index contributed by atoms with van der Waals surface area (Å²) in [4.78, 5) is 26.3. The zero-order chi connectivity index (χ0) is 30.7. The van der Waals surface area contributed by atoms with Gasteiger partial charge in [-0.3, -0.25) is 4.79 Å². The molecule has 44 heavy (non-hydrogen) atoms. The van der Waals surface area contributed by atoms with Crippen molar-refractivity contribution in [3.8, 4) is 11.1 Å². The van der Waals surface area contributed by atoms with Crippen molar-refractivity contribution in [3.05, 3.63) is 95.1 Å². The highest BCUT2D eigenvalue weighted by molar-refractivity contribution is 5.81. The SMILES string of the molecule is CCOC(=O)CNC(=O)NCc1ccccc1-c1ccc([C@@H]2O[C@H](CN3CCCCC3)C[C@H](c3ccc(CO)cc3)O2)cc1. The minimum atomic E-state index is -0.505. The van der Waals surface area contributed by atoms with Crippen molar-refractivity contribution in [2.24, 2.45) is 0 Å². The maximum absolute atomic E-state index is 12.2. The molecule has 0 aliphatic carbocycles. The molecule has 0 bridgehead atoms. The van der Waals surface area contributed by atoms with E-state index in [0.29, 0.717) is 6.54 Å². The van der Waals surface area contributed by atoms with Gasteiger partial charge in [0, 0.05) is 25.1 Å². The summed E-state index contributed by atoms with van der Waals surface area (Å²) in [6.07, 6.45) is 3.95. The van der Waals surface area contributed by atoms with Crippen molar-refractivity contribution in [1.29, 1.82) is 0 Å². The van der Waals surface area contributed by atoms with Gasteiger partial charge in [0.05, 0.1) is 25.4 Å². The minimum absolute atomic E-state index is 0.0172. The number of ether oxygens (including phenoxy) is 3. The van der Waals surface area contributed by atoms with E-state index in [4.69, 9.17) is 14.2 Å². The Bertz CT molecular complexity index is 1360. The highest BCUT2D eigenvalue weighted by Crippen LogP contribution is 2.39. The number of carbonyl (C=O) groups excluding carboxylic acids is 2. The molecular weight excluding hydrogens is 558 g/mol. The molecule has 9 heteroatoms. The van der Waals surface area contributed by atoms with E-state index in [1.54, 1.807) is 6.92 Å². The van der Waals surface area contributed by atoms with E-state index in [1.165, 1.54) is 19.3 Å². The van der Waals surface area contributed by atoms with Crippen molar-refractivity contribution in [2.75, 3.05) is 32.8 Å². The van der Waals surface area contributed by atoms with E-state index in [9.17, 15) is 14.7 Å². The lowest BCUT2D eigenvalue weighted by Crippen LogP contribution is -2.41. The predicted molar refractivity (Wildman–Crippen MR) is 167 cm³/mol. The molecule has 0 spiro atoms. The van der Waals surface area contributed by atoms with Crippen LogP contribution in [0.3, 0.4) is 0 Å². The van der Waals surface area contributed by atoms with Crippen LogP contribution in [0.25, 0.3) is 11.1 Å². The molecule has 3 N–H and O–H groups in total. The summed E-state index contributed by atoms with van der Waals surface area (Å²) in [5, 5.41) is 14.8. The van der Waals surface area contributed by atoms with Crippen LogP contribution in [0, 0.1) is 0 Å². The fourth-order valence-corrected chi connectivity index (χ4v) is 5.84. The molecule has 0 saturated carbocycles. The molecule has 2 aliphatic rings. The Kier molecular flexibility index (Phi) is 11.4. The predicted octanol–water partition coefficient (Wildman–Crippen LogP) is 5.24. The topological polar surface area (TPSA) is 109 Å². The highest BCUT2D eigenvalue weighted by Gasteiger charge is 2.33. The zero-order valence-corrected chi connectivity index (χ0v) is 25.4. The smallest absolute Gasteiger partial charge is 0.325 e.